The van der Waals surface area contributed by atoms with Crippen LogP contribution >= 0.6 is 0 Å². The molecule has 0 atom stereocenters. The predicted octanol–water partition coefficient (Wildman–Crippen LogP) is 1.91. The Balaban J connectivity index is 1.41. The molecule has 3 aromatic rings. The Labute approximate surface area is 138 Å². The first-order chi connectivity index (χ1) is 11.8. The van der Waals surface area contributed by atoms with E-state index < -0.39 is 0 Å². The minimum atomic E-state index is -0.309. The lowest BCUT2D eigenvalue weighted by atomic mass is 10.2. The molecule has 1 aromatic carbocycles. The molecular formula is C17H15N5O2. The van der Waals surface area contributed by atoms with Crippen molar-refractivity contribution in [2.75, 3.05) is 4.90 Å². The second-order valence-corrected chi connectivity index (χ2v) is 5.46. The normalized spacial score (nSPS) is 12.9. The highest BCUT2D eigenvalue weighted by molar-refractivity contribution is 5.89. The van der Waals surface area contributed by atoms with E-state index in [0.29, 0.717) is 31.3 Å². The molecule has 0 saturated carbocycles. The summed E-state index contributed by atoms with van der Waals surface area (Å²) >= 11 is 0. The molecule has 7 nitrogen and oxygen atoms in total. The summed E-state index contributed by atoms with van der Waals surface area (Å²) in [5.74, 6) is 1.11. The quantitative estimate of drug-likeness (QED) is 0.790. The van der Waals surface area contributed by atoms with E-state index in [1.807, 2.05) is 35.2 Å². The standard InChI is InChI=1S/C17H15N5O2/c23-15(20-9-12-5-2-1-3-6-12)16-21-13-10-22(11-14(13)24-16)17-18-7-4-8-19-17/h1-8H,9-11H2,(H,20,23). The van der Waals surface area contributed by atoms with Crippen molar-refractivity contribution < 1.29 is 9.21 Å². The number of fused-ring (bicyclic) bond motifs is 1. The van der Waals surface area contributed by atoms with Gasteiger partial charge in [0.1, 0.15) is 11.5 Å². The van der Waals surface area contributed by atoms with Crippen LogP contribution in [0, 0.1) is 0 Å². The molecule has 1 amide bonds. The number of carbonyl (C=O) groups is 1. The van der Waals surface area contributed by atoms with Gasteiger partial charge in [-0.2, -0.15) is 0 Å². The second kappa shape index (κ2) is 6.11. The summed E-state index contributed by atoms with van der Waals surface area (Å²) in [5, 5.41) is 2.81. The molecule has 0 bridgehead atoms. The zero-order valence-corrected chi connectivity index (χ0v) is 12.8. The first-order valence-electron chi connectivity index (χ1n) is 7.62. The number of nitrogens with one attached hydrogen (secondary N) is 1. The maximum Gasteiger partial charge on any atom is 0.307 e. The summed E-state index contributed by atoms with van der Waals surface area (Å²) < 4.78 is 5.61. The largest absolute Gasteiger partial charge is 0.435 e. The van der Waals surface area contributed by atoms with Gasteiger partial charge in [-0.15, -0.1) is 0 Å². The third-order valence-electron chi connectivity index (χ3n) is 3.78. The molecule has 3 heterocycles. The third kappa shape index (κ3) is 2.83. The Hall–Kier alpha value is -3.22. The van der Waals surface area contributed by atoms with Crippen LogP contribution < -0.4 is 10.2 Å². The van der Waals surface area contributed by atoms with Gasteiger partial charge in [-0.1, -0.05) is 30.3 Å². The van der Waals surface area contributed by atoms with Crippen LogP contribution in [0.5, 0.6) is 0 Å². The number of hydrogen-bond acceptors (Lipinski definition) is 6. The molecule has 0 spiro atoms. The van der Waals surface area contributed by atoms with Crippen molar-refractivity contribution in [2.45, 2.75) is 19.6 Å². The van der Waals surface area contributed by atoms with Gasteiger partial charge >= 0.3 is 5.91 Å². The molecule has 1 aliphatic heterocycles. The molecule has 4 rings (SSSR count). The van der Waals surface area contributed by atoms with Crippen LogP contribution in [0.15, 0.2) is 53.2 Å². The van der Waals surface area contributed by atoms with Crippen molar-refractivity contribution in [3.8, 4) is 0 Å². The van der Waals surface area contributed by atoms with E-state index in [4.69, 9.17) is 4.42 Å². The molecule has 1 aliphatic rings. The molecule has 24 heavy (non-hydrogen) atoms. The van der Waals surface area contributed by atoms with Gasteiger partial charge in [-0.05, 0) is 11.6 Å². The average molecular weight is 321 g/mol. The fourth-order valence-electron chi connectivity index (χ4n) is 2.59. The van der Waals surface area contributed by atoms with Gasteiger partial charge in [0.05, 0.1) is 13.1 Å². The minimum Gasteiger partial charge on any atom is -0.435 e. The Morgan fingerprint density at radius 2 is 1.92 bits per heavy atom. The lowest BCUT2D eigenvalue weighted by Gasteiger charge is -2.13. The summed E-state index contributed by atoms with van der Waals surface area (Å²) in [7, 11) is 0. The van der Waals surface area contributed by atoms with Crippen LogP contribution in [0.1, 0.15) is 27.7 Å². The maximum absolute atomic E-state index is 12.2. The Morgan fingerprint density at radius 1 is 1.12 bits per heavy atom. The second-order valence-electron chi connectivity index (χ2n) is 5.46. The number of hydrogen-bond donors (Lipinski definition) is 1. The molecule has 0 aliphatic carbocycles. The Kier molecular flexibility index (Phi) is 3.66. The number of rotatable bonds is 4. The van der Waals surface area contributed by atoms with E-state index in [2.05, 4.69) is 20.3 Å². The average Bonchev–Trinajstić information content (AvgIpc) is 3.20. The van der Waals surface area contributed by atoms with Crippen molar-refractivity contribution in [2.24, 2.45) is 0 Å². The van der Waals surface area contributed by atoms with E-state index >= 15 is 0 Å². The van der Waals surface area contributed by atoms with Crippen molar-refractivity contribution in [1.82, 2.24) is 20.3 Å². The van der Waals surface area contributed by atoms with Crippen molar-refractivity contribution >= 4 is 11.9 Å². The number of oxazole rings is 1. The number of amides is 1. The highest BCUT2D eigenvalue weighted by atomic mass is 16.4. The van der Waals surface area contributed by atoms with E-state index in [9.17, 15) is 4.79 Å². The minimum absolute atomic E-state index is 0.101. The molecule has 2 aromatic heterocycles. The maximum atomic E-state index is 12.2. The topological polar surface area (TPSA) is 84.2 Å². The lowest BCUT2D eigenvalue weighted by Crippen LogP contribution is -2.24. The molecule has 1 N–H and O–H groups in total. The monoisotopic (exact) mass is 321 g/mol. The Bertz CT molecular complexity index is 824. The van der Waals surface area contributed by atoms with Gasteiger partial charge in [0, 0.05) is 18.9 Å². The number of aromatic nitrogens is 3. The van der Waals surface area contributed by atoms with Gasteiger partial charge in [-0.25, -0.2) is 15.0 Å². The van der Waals surface area contributed by atoms with Crippen LogP contribution in [-0.4, -0.2) is 20.9 Å². The smallest absolute Gasteiger partial charge is 0.307 e. The van der Waals surface area contributed by atoms with E-state index in [0.717, 1.165) is 11.3 Å². The van der Waals surface area contributed by atoms with Gasteiger partial charge in [0.15, 0.2) is 0 Å². The third-order valence-corrected chi connectivity index (χ3v) is 3.78. The molecule has 0 saturated heterocycles. The predicted molar refractivity (Wildman–Crippen MR) is 86.0 cm³/mol. The van der Waals surface area contributed by atoms with Crippen LogP contribution in [0.2, 0.25) is 0 Å². The molecule has 0 fully saturated rings. The molecule has 120 valence electrons. The SMILES string of the molecule is O=C(NCc1ccccc1)c1nc2c(o1)CN(c1ncccn1)C2. The molecule has 0 radical (unpaired) electrons. The van der Waals surface area contributed by atoms with Gasteiger partial charge in [0.25, 0.3) is 5.89 Å². The van der Waals surface area contributed by atoms with Gasteiger partial charge in [0.2, 0.25) is 5.95 Å². The van der Waals surface area contributed by atoms with Crippen molar-refractivity contribution in [3.63, 3.8) is 0 Å². The van der Waals surface area contributed by atoms with E-state index in [1.165, 1.54) is 0 Å². The fourth-order valence-corrected chi connectivity index (χ4v) is 2.59. The van der Waals surface area contributed by atoms with Gasteiger partial charge in [-0.3, -0.25) is 4.79 Å². The molecule has 0 unspecified atom stereocenters. The van der Waals surface area contributed by atoms with Crippen molar-refractivity contribution in [1.29, 1.82) is 0 Å². The van der Waals surface area contributed by atoms with E-state index in [-0.39, 0.29) is 11.8 Å². The fraction of sp³-hybridized carbons (Fsp3) is 0.176. The molecular weight excluding hydrogens is 306 g/mol. The summed E-state index contributed by atoms with van der Waals surface area (Å²) in [5.41, 5.74) is 1.78. The lowest BCUT2D eigenvalue weighted by molar-refractivity contribution is 0.0914. The highest BCUT2D eigenvalue weighted by Gasteiger charge is 2.28. The number of anilines is 1. The van der Waals surface area contributed by atoms with Gasteiger partial charge < -0.3 is 14.6 Å². The van der Waals surface area contributed by atoms with E-state index in [1.54, 1.807) is 18.5 Å². The summed E-state index contributed by atoms with van der Waals surface area (Å²) in [6, 6.07) is 11.5. The van der Waals surface area contributed by atoms with Crippen LogP contribution in [-0.2, 0) is 19.6 Å². The number of nitrogens with zero attached hydrogens (tertiary/aromatic N) is 4. The van der Waals surface area contributed by atoms with Crippen LogP contribution in [0.4, 0.5) is 5.95 Å². The number of benzene rings is 1. The first kappa shape index (κ1) is 14.4. The van der Waals surface area contributed by atoms with Crippen LogP contribution in [0.3, 0.4) is 0 Å². The van der Waals surface area contributed by atoms with Crippen molar-refractivity contribution in [3.05, 3.63) is 71.7 Å². The Morgan fingerprint density at radius 3 is 2.67 bits per heavy atom. The first-order valence-corrected chi connectivity index (χ1v) is 7.62. The van der Waals surface area contributed by atoms with Crippen LogP contribution in [0.25, 0.3) is 0 Å². The number of carbonyl (C=O) groups excluding carboxylic acids is 1. The zero-order chi connectivity index (χ0) is 16.4. The summed E-state index contributed by atoms with van der Waals surface area (Å²) in [4.78, 5) is 26.8. The summed E-state index contributed by atoms with van der Waals surface area (Å²) in [6.45, 7) is 1.49. The zero-order valence-electron chi connectivity index (χ0n) is 12.8. The highest BCUT2D eigenvalue weighted by Crippen LogP contribution is 2.26. The summed E-state index contributed by atoms with van der Waals surface area (Å²) in [6.07, 6.45) is 3.39. The molecule has 7 heteroatoms.